The number of thioether (sulfide) groups is 1. The molecular weight excluding hydrogens is 336 g/mol. The smallest absolute Gasteiger partial charge is 0.230 e. The molecule has 1 heterocycles. The molecule has 0 bridgehead atoms. The van der Waals surface area contributed by atoms with Crippen molar-refractivity contribution in [3.8, 4) is 11.4 Å². The fourth-order valence-electron chi connectivity index (χ4n) is 2.20. The van der Waals surface area contributed by atoms with Crippen LogP contribution in [0.15, 0.2) is 66.1 Å². The van der Waals surface area contributed by atoms with Crippen LogP contribution < -0.4 is 10.1 Å². The molecule has 25 heavy (non-hydrogen) atoms. The lowest BCUT2D eigenvalue weighted by atomic mass is 10.2. The molecule has 0 atom stereocenters. The Morgan fingerprint density at radius 2 is 2.08 bits per heavy atom. The summed E-state index contributed by atoms with van der Waals surface area (Å²) in [5, 5.41) is 7.01. The summed E-state index contributed by atoms with van der Waals surface area (Å²) >= 11 is 1.48. The number of carbonyl (C=O) groups is 1. The van der Waals surface area contributed by atoms with Crippen molar-refractivity contribution in [3.63, 3.8) is 0 Å². The monoisotopic (exact) mass is 354 g/mol. The molecule has 1 amide bonds. The van der Waals surface area contributed by atoms with Crippen molar-refractivity contribution in [1.82, 2.24) is 20.1 Å². The molecule has 0 aliphatic rings. The summed E-state index contributed by atoms with van der Waals surface area (Å²) < 4.78 is 6.87. The topological polar surface area (TPSA) is 69.0 Å². The average Bonchev–Trinajstić information content (AvgIpc) is 3.20. The Morgan fingerprint density at radius 1 is 1.24 bits per heavy atom. The van der Waals surface area contributed by atoms with Crippen LogP contribution in [-0.2, 0) is 11.3 Å². The molecule has 0 unspecified atom stereocenters. The summed E-state index contributed by atoms with van der Waals surface area (Å²) in [5.41, 5.74) is 1.96. The van der Waals surface area contributed by atoms with Crippen LogP contribution in [0.1, 0.15) is 5.56 Å². The first-order chi connectivity index (χ1) is 12.2. The van der Waals surface area contributed by atoms with Crippen molar-refractivity contribution in [2.24, 2.45) is 0 Å². The van der Waals surface area contributed by atoms with E-state index >= 15 is 0 Å². The lowest BCUT2D eigenvalue weighted by molar-refractivity contribution is -0.118. The van der Waals surface area contributed by atoms with Crippen LogP contribution in [0.3, 0.4) is 0 Å². The Bertz CT molecular complexity index is 819. The van der Waals surface area contributed by atoms with Gasteiger partial charge in [0.25, 0.3) is 0 Å². The van der Waals surface area contributed by atoms with E-state index in [1.165, 1.54) is 18.1 Å². The summed E-state index contributed by atoms with van der Waals surface area (Å²) in [6.07, 6.45) is 3.14. The second-order valence-corrected chi connectivity index (χ2v) is 6.30. The fourth-order valence-corrected chi connectivity index (χ4v) is 2.97. The first-order valence-electron chi connectivity index (χ1n) is 7.72. The minimum absolute atomic E-state index is 0.00632. The van der Waals surface area contributed by atoms with Gasteiger partial charge in [-0.1, -0.05) is 18.2 Å². The van der Waals surface area contributed by atoms with Gasteiger partial charge >= 0.3 is 0 Å². The third kappa shape index (κ3) is 4.84. The van der Waals surface area contributed by atoms with Crippen LogP contribution in [0.5, 0.6) is 5.75 Å². The number of aromatic nitrogens is 3. The highest BCUT2D eigenvalue weighted by atomic mass is 32.2. The van der Waals surface area contributed by atoms with Gasteiger partial charge in [-0.2, -0.15) is 5.10 Å². The highest BCUT2D eigenvalue weighted by Gasteiger charge is 2.04. The maximum absolute atomic E-state index is 12.0. The van der Waals surface area contributed by atoms with E-state index in [2.05, 4.69) is 15.4 Å². The van der Waals surface area contributed by atoms with Gasteiger partial charge in [-0.15, -0.1) is 11.8 Å². The standard InChI is InChI=1S/C18H18N4O2S/c1-24-16-3-2-4-17(9-16)25-11-18(23)20-10-14-5-7-15(8-6-14)22-13-19-12-21-22/h2-9,12-13H,10-11H2,1H3,(H,20,23). The lowest BCUT2D eigenvalue weighted by Gasteiger charge is -2.07. The minimum Gasteiger partial charge on any atom is -0.497 e. The lowest BCUT2D eigenvalue weighted by Crippen LogP contribution is -2.24. The quantitative estimate of drug-likeness (QED) is 0.661. The third-order valence-electron chi connectivity index (χ3n) is 3.52. The zero-order chi connectivity index (χ0) is 17.5. The van der Waals surface area contributed by atoms with Crippen molar-refractivity contribution in [1.29, 1.82) is 0 Å². The van der Waals surface area contributed by atoms with Gasteiger partial charge in [-0.3, -0.25) is 4.79 Å². The Labute approximate surface area is 150 Å². The molecule has 0 fully saturated rings. The van der Waals surface area contributed by atoms with Crippen LogP contribution in [0.2, 0.25) is 0 Å². The number of carbonyl (C=O) groups excluding carboxylic acids is 1. The fraction of sp³-hybridized carbons (Fsp3) is 0.167. The molecule has 3 rings (SSSR count). The van der Waals surface area contributed by atoms with E-state index in [0.717, 1.165) is 21.9 Å². The molecule has 0 saturated carbocycles. The van der Waals surface area contributed by atoms with Gasteiger partial charge in [0.15, 0.2) is 0 Å². The van der Waals surface area contributed by atoms with Crippen LogP contribution in [0, 0.1) is 0 Å². The molecular formula is C18H18N4O2S. The Balaban J connectivity index is 1.47. The van der Waals surface area contributed by atoms with Crippen LogP contribution in [0.4, 0.5) is 0 Å². The van der Waals surface area contributed by atoms with Gasteiger partial charge in [0.05, 0.1) is 18.6 Å². The van der Waals surface area contributed by atoms with E-state index in [9.17, 15) is 4.79 Å². The maximum Gasteiger partial charge on any atom is 0.230 e. The zero-order valence-electron chi connectivity index (χ0n) is 13.8. The van der Waals surface area contributed by atoms with E-state index in [4.69, 9.17) is 4.74 Å². The highest BCUT2D eigenvalue weighted by molar-refractivity contribution is 8.00. The van der Waals surface area contributed by atoms with E-state index in [1.54, 1.807) is 18.1 Å². The van der Waals surface area contributed by atoms with Crippen molar-refractivity contribution < 1.29 is 9.53 Å². The van der Waals surface area contributed by atoms with Crippen LogP contribution in [-0.4, -0.2) is 33.5 Å². The summed E-state index contributed by atoms with van der Waals surface area (Å²) in [5.74, 6) is 1.15. The first kappa shape index (κ1) is 17.0. The predicted octanol–water partition coefficient (Wildman–Crippen LogP) is 2.68. The highest BCUT2D eigenvalue weighted by Crippen LogP contribution is 2.22. The van der Waals surface area contributed by atoms with Crippen LogP contribution >= 0.6 is 11.8 Å². The number of methoxy groups -OCH3 is 1. The second kappa shape index (κ2) is 8.34. The average molecular weight is 354 g/mol. The normalized spacial score (nSPS) is 10.4. The van der Waals surface area contributed by atoms with Gasteiger partial charge in [0, 0.05) is 11.4 Å². The largest absolute Gasteiger partial charge is 0.497 e. The Morgan fingerprint density at radius 3 is 2.80 bits per heavy atom. The second-order valence-electron chi connectivity index (χ2n) is 5.25. The molecule has 2 aromatic carbocycles. The van der Waals surface area contributed by atoms with E-state index in [1.807, 2.05) is 48.5 Å². The SMILES string of the molecule is COc1cccc(SCC(=O)NCc2ccc(-n3cncn3)cc2)c1. The number of hydrogen-bond donors (Lipinski definition) is 1. The van der Waals surface area contributed by atoms with Gasteiger partial charge < -0.3 is 10.1 Å². The minimum atomic E-state index is -0.00632. The molecule has 3 aromatic rings. The molecule has 128 valence electrons. The number of nitrogens with one attached hydrogen (secondary N) is 1. The molecule has 0 saturated heterocycles. The third-order valence-corrected chi connectivity index (χ3v) is 4.51. The van der Waals surface area contributed by atoms with Gasteiger partial charge in [-0.05, 0) is 35.9 Å². The number of ether oxygens (including phenoxy) is 1. The summed E-state index contributed by atoms with van der Waals surface area (Å²) in [6.45, 7) is 0.495. The molecule has 0 radical (unpaired) electrons. The zero-order valence-corrected chi connectivity index (χ0v) is 14.6. The van der Waals surface area contributed by atoms with Crippen molar-refractivity contribution >= 4 is 17.7 Å². The number of amides is 1. The first-order valence-corrected chi connectivity index (χ1v) is 8.70. The molecule has 1 aromatic heterocycles. The molecule has 0 aliphatic heterocycles. The number of rotatable bonds is 7. The van der Waals surface area contributed by atoms with E-state index < -0.39 is 0 Å². The summed E-state index contributed by atoms with van der Waals surface area (Å²) in [7, 11) is 1.63. The van der Waals surface area contributed by atoms with E-state index in [0.29, 0.717) is 12.3 Å². The summed E-state index contributed by atoms with van der Waals surface area (Å²) in [6, 6.07) is 15.5. The molecule has 1 N–H and O–H groups in total. The van der Waals surface area contributed by atoms with Crippen molar-refractivity contribution in [3.05, 3.63) is 66.7 Å². The number of nitrogens with zero attached hydrogens (tertiary/aromatic N) is 3. The van der Waals surface area contributed by atoms with Gasteiger partial charge in [-0.25, -0.2) is 9.67 Å². The number of benzene rings is 2. The molecule has 7 heteroatoms. The predicted molar refractivity (Wildman–Crippen MR) is 96.9 cm³/mol. The molecule has 6 nitrogen and oxygen atoms in total. The Kier molecular flexibility index (Phi) is 5.69. The van der Waals surface area contributed by atoms with Crippen molar-refractivity contribution in [2.45, 2.75) is 11.4 Å². The van der Waals surface area contributed by atoms with Crippen LogP contribution in [0.25, 0.3) is 5.69 Å². The van der Waals surface area contributed by atoms with Gasteiger partial charge in [0.1, 0.15) is 18.4 Å². The molecule has 0 spiro atoms. The maximum atomic E-state index is 12.0. The summed E-state index contributed by atoms with van der Waals surface area (Å²) in [4.78, 5) is 16.9. The van der Waals surface area contributed by atoms with E-state index in [-0.39, 0.29) is 5.91 Å². The van der Waals surface area contributed by atoms with Gasteiger partial charge in [0.2, 0.25) is 5.91 Å². The molecule has 0 aliphatic carbocycles. The Hall–Kier alpha value is -2.80. The number of hydrogen-bond acceptors (Lipinski definition) is 5. The van der Waals surface area contributed by atoms with Crippen molar-refractivity contribution in [2.75, 3.05) is 12.9 Å².